The van der Waals surface area contributed by atoms with Crippen LogP contribution in [0.2, 0.25) is 0 Å². The second-order valence-corrected chi connectivity index (χ2v) is 14.1. The molecule has 1 aliphatic heterocycles. The van der Waals surface area contributed by atoms with Crippen molar-refractivity contribution in [3.8, 4) is 0 Å². The summed E-state index contributed by atoms with van der Waals surface area (Å²) in [5.74, 6) is -3.42. The maximum absolute atomic E-state index is 15.2. The lowest BCUT2D eigenvalue weighted by Gasteiger charge is -2.42. The summed E-state index contributed by atoms with van der Waals surface area (Å²) in [6, 6.07) is 1.09. The van der Waals surface area contributed by atoms with Gasteiger partial charge in [-0.25, -0.2) is 13.5 Å². The highest BCUT2D eigenvalue weighted by molar-refractivity contribution is 5.31. The van der Waals surface area contributed by atoms with Gasteiger partial charge in [-0.3, -0.25) is 0 Å². The molecule has 1 aromatic carbocycles. The summed E-state index contributed by atoms with van der Waals surface area (Å²) in [7, 11) is 0. The quantitative estimate of drug-likeness (QED) is 0.229. The number of hydrogen-bond donors (Lipinski definition) is 0. The first kappa shape index (κ1) is 36.7. The molecule has 0 unspecified atom stereocenters. The summed E-state index contributed by atoms with van der Waals surface area (Å²) in [4.78, 5) is 0. The van der Waals surface area contributed by atoms with Crippen molar-refractivity contribution in [3.63, 3.8) is 0 Å². The van der Waals surface area contributed by atoms with E-state index in [0.717, 1.165) is 5.92 Å². The van der Waals surface area contributed by atoms with Gasteiger partial charge in [0.25, 0.3) is 0 Å². The molecule has 0 radical (unpaired) electrons. The highest BCUT2D eigenvalue weighted by Crippen LogP contribution is 2.46. The summed E-state index contributed by atoms with van der Waals surface area (Å²) in [5, 5.41) is 0. The summed E-state index contributed by atoms with van der Waals surface area (Å²) < 4.78 is 144. The first-order chi connectivity index (χ1) is 22.1. The van der Waals surface area contributed by atoms with Crippen LogP contribution in [0, 0.1) is 41.2 Å². The number of hydrogen-bond acceptors (Lipinski definition) is 4. The Bertz CT molecular complexity index is 1120. The number of ether oxygens (including phenoxy) is 4. The molecule has 5 rings (SSSR count). The third-order valence-electron chi connectivity index (χ3n) is 10.9. The number of alkyl halides is 7. The monoisotopic (exact) mass is 688 g/mol. The van der Waals surface area contributed by atoms with E-state index in [1.165, 1.54) is 38.5 Å². The minimum Gasteiger partial charge on any atom is -0.352 e. The lowest BCUT2D eigenvalue weighted by Crippen LogP contribution is -2.43. The number of halogens is 9. The summed E-state index contributed by atoms with van der Waals surface area (Å²) in [6.45, 7) is 3.53. The predicted octanol–water partition coefficient (Wildman–Crippen LogP) is 10.6. The van der Waals surface area contributed by atoms with E-state index in [4.69, 9.17) is 14.2 Å². The molecule has 268 valence electrons. The van der Waals surface area contributed by atoms with Gasteiger partial charge in [-0.15, -0.1) is 13.2 Å². The van der Waals surface area contributed by atoms with E-state index in [0.29, 0.717) is 50.0 Å². The molecule has 47 heavy (non-hydrogen) atoms. The van der Waals surface area contributed by atoms with Crippen LogP contribution in [0.5, 0.6) is 0 Å². The van der Waals surface area contributed by atoms with Crippen LogP contribution >= 0.6 is 0 Å². The lowest BCUT2D eigenvalue weighted by molar-refractivity contribution is -0.432. The summed E-state index contributed by atoms with van der Waals surface area (Å²) >= 11 is 0. The van der Waals surface area contributed by atoms with Crippen LogP contribution in [0.4, 0.5) is 39.5 Å². The zero-order valence-corrected chi connectivity index (χ0v) is 26.6. The van der Waals surface area contributed by atoms with E-state index in [1.807, 2.05) is 0 Å². The molecule has 1 heterocycles. The Labute approximate surface area is 270 Å². The smallest absolute Gasteiger partial charge is 0.352 e. The van der Waals surface area contributed by atoms with Crippen molar-refractivity contribution in [1.29, 1.82) is 0 Å². The minimum atomic E-state index is -5.82. The Morgan fingerprint density at radius 3 is 1.79 bits per heavy atom. The SMILES string of the molecule is CCCC1CCC(C2COC(C3CCC(C(F)(F)OC4CCC(c5cc(F)c(C(F)(F)OC(F)(F)F)c(F)c5)CC4)CC3)OC2)CC1. The fourth-order valence-electron chi connectivity index (χ4n) is 8.30. The first-order valence-electron chi connectivity index (χ1n) is 17.1. The molecule has 0 bridgehead atoms. The first-order valence-corrected chi connectivity index (χ1v) is 17.1. The average Bonchev–Trinajstić information content (AvgIpc) is 3.00. The molecular weight excluding hydrogens is 643 g/mol. The Balaban J connectivity index is 1.05. The Morgan fingerprint density at radius 2 is 1.26 bits per heavy atom. The van der Waals surface area contributed by atoms with Crippen LogP contribution in [0.3, 0.4) is 0 Å². The predicted molar refractivity (Wildman–Crippen MR) is 153 cm³/mol. The molecule has 4 nitrogen and oxygen atoms in total. The van der Waals surface area contributed by atoms with E-state index in [2.05, 4.69) is 11.7 Å². The minimum absolute atomic E-state index is 0.0471. The van der Waals surface area contributed by atoms with Crippen molar-refractivity contribution >= 4 is 0 Å². The van der Waals surface area contributed by atoms with Crippen LogP contribution in [-0.2, 0) is 25.1 Å². The van der Waals surface area contributed by atoms with Gasteiger partial charge >= 0.3 is 18.6 Å². The fraction of sp³-hybridized carbons (Fsp3) is 0.824. The second-order valence-electron chi connectivity index (χ2n) is 14.1. The van der Waals surface area contributed by atoms with E-state index in [-0.39, 0.29) is 56.3 Å². The molecular formula is C34H45F9O4. The van der Waals surface area contributed by atoms with Crippen molar-refractivity contribution in [2.45, 2.75) is 134 Å². The molecule has 3 saturated carbocycles. The Morgan fingerprint density at radius 1 is 0.702 bits per heavy atom. The van der Waals surface area contributed by atoms with Crippen molar-refractivity contribution in [2.75, 3.05) is 13.2 Å². The van der Waals surface area contributed by atoms with Gasteiger partial charge < -0.3 is 14.2 Å². The molecule has 4 aliphatic rings. The van der Waals surface area contributed by atoms with E-state index in [1.54, 1.807) is 0 Å². The van der Waals surface area contributed by atoms with Gasteiger partial charge in [-0.05, 0) is 99.7 Å². The molecule has 4 fully saturated rings. The number of benzene rings is 1. The summed E-state index contributed by atoms with van der Waals surface area (Å²) in [6.07, 6.45) is -5.94. The molecule has 0 N–H and O–H groups in total. The highest BCUT2D eigenvalue weighted by Gasteiger charge is 2.50. The Hall–Kier alpha value is -1.57. The van der Waals surface area contributed by atoms with Crippen molar-refractivity contribution in [1.82, 2.24) is 0 Å². The third kappa shape index (κ3) is 9.36. The third-order valence-corrected chi connectivity index (χ3v) is 10.9. The van der Waals surface area contributed by atoms with Gasteiger partial charge in [0.1, 0.15) is 17.2 Å². The normalized spacial score (nSPS) is 33.1. The molecule has 0 atom stereocenters. The van der Waals surface area contributed by atoms with Crippen molar-refractivity contribution < 1.29 is 58.5 Å². The van der Waals surface area contributed by atoms with Crippen molar-refractivity contribution in [3.05, 3.63) is 34.9 Å². The van der Waals surface area contributed by atoms with Gasteiger partial charge in [0.2, 0.25) is 0 Å². The average molecular weight is 689 g/mol. The zero-order valence-electron chi connectivity index (χ0n) is 26.6. The van der Waals surface area contributed by atoms with Gasteiger partial charge in [0.05, 0.1) is 25.2 Å². The zero-order chi connectivity index (χ0) is 34.0. The second kappa shape index (κ2) is 15.1. The maximum atomic E-state index is 15.2. The van der Waals surface area contributed by atoms with Crippen LogP contribution in [0.1, 0.15) is 114 Å². The van der Waals surface area contributed by atoms with E-state index in [9.17, 15) is 30.7 Å². The largest absolute Gasteiger partial charge is 0.527 e. The van der Waals surface area contributed by atoms with Gasteiger partial charge in [0, 0.05) is 11.8 Å². The van der Waals surface area contributed by atoms with Gasteiger partial charge in [0.15, 0.2) is 6.29 Å². The lowest BCUT2D eigenvalue weighted by atomic mass is 9.74. The summed E-state index contributed by atoms with van der Waals surface area (Å²) in [5.41, 5.74) is -2.19. The van der Waals surface area contributed by atoms with Crippen LogP contribution < -0.4 is 0 Å². The van der Waals surface area contributed by atoms with Gasteiger partial charge in [-0.1, -0.05) is 32.6 Å². The molecule has 1 saturated heterocycles. The van der Waals surface area contributed by atoms with Crippen LogP contribution in [0.25, 0.3) is 0 Å². The van der Waals surface area contributed by atoms with E-state index >= 15 is 8.78 Å². The highest BCUT2D eigenvalue weighted by atomic mass is 19.4. The maximum Gasteiger partial charge on any atom is 0.527 e. The van der Waals surface area contributed by atoms with Crippen molar-refractivity contribution in [2.24, 2.45) is 29.6 Å². The standard InChI is InChI=1S/C34H45F9O4/c1-2-3-20-4-6-22(7-5-20)25-18-44-31(45-19-25)23-8-12-26(13-9-23)32(37,38)46-27-14-10-21(11-15-27)24-16-28(35)30(29(36)17-24)33(39,40)47-34(41,42)43/h16-17,20-23,25-27,31H,2-15,18-19H2,1H3. The topological polar surface area (TPSA) is 36.9 Å². The fourth-order valence-corrected chi connectivity index (χ4v) is 8.30. The molecule has 0 spiro atoms. The Kier molecular flexibility index (Phi) is 11.8. The molecule has 3 aliphatic carbocycles. The molecule has 1 aromatic rings. The number of rotatable bonds is 10. The molecule has 0 aromatic heterocycles. The van der Waals surface area contributed by atoms with Gasteiger partial charge in [-0.2, -0.15) is 17.6 Å². The van der Waals surface area contributed by atoms with Crippen LogP contribution in [-0.4, -0.2) is 38.1 Å². The van der Waals surface area contributed by atoms with Crippen LogP contribution in [0.15, 0.2) is 12.1 Å². The molecule has 0 amide bonds. The molecule has 13 heteroatoms. The van der Waals surface area contributed by atoms with E-state index < -0.39 is 53.7 Å².